The minimum Gasteiger partial charge on any atom is -0.454 e. The molecule has 0 amide bonds. The summed E-state index contributed by atoms with van der Waals surface area (Å²) in [4.78, 5) is 9.08. The fourth-order valence-electron chi connectivity index (χ4n) is 2.88. The van der Waals surface area contributed by atoms with E-state index in [9.17, 15) is 0 Å². The molecule has 0 radical (unpaired) electrons. The normalized spacial score (nSPS) is 14.1. The van der Waals surface area contributed by atoms with Crippen LogP contribution in [0.2, 0.25) is 0 Å². The Balaban J connectivity index is 2.01. The number of nitrogens with zero attached hydrogens (tertiary/aromatic N) is 2. The second kappa shape index (κ2) is 5.20. The smallest absolute Gasteiger partial charge is 0.153 e. The fourth-order valence-corrected chi connectivity index (χ4v) is 2.88. The third-order valence-electron chi connectivity index (χ3n) is 4.07. The quantitative estimate of drug-likeness (QED) is 0.492. The molecule has 0 aliphatic heterocycles. The SMILES string of the molecule is [2H]C([2H])([2H])c1c(C(C)C)ccnc1-c1ccc2oc3ccccc3c2n1. The van der Waals surface area contributed by atoms with Crippen LogP contribution < -0.4 is 0 Å². The molecule has 3 heterocycles. The summed E-state index contributed by atoms with van der Waals surface area (Å²) in [6.45, 7) is 1.70. The molecule has 0 aliphatic carbocycles. The van der Waals surface area contributed by atoms with Crippen LogP contribution in [0.25, 0.3) is 33.5 Å². The van der Waals surface area contributed by atoms with E-state index in [-0.39, 0.29) is 11.5 Å². The summed E-state index contributed by atoms with van der Waals surface area (Å²) in [6, 6.07) is 13.0. The minimum atomic E-state index is -2.27. The fraction of sp³-hybridized carbons (Fsp3) is 0.200. The van der Waals surface area contributed by atoms with Gasteiger partial charge in [-0.2, -0.15) is 0 Å². The Morgan fingerprint density at radius 3 is 2.74 bits per heavy atom. The van der Waals surface area contributed by atoms with Gasteiger partial charge < -0.3 is 4.42 Å². The molecule has 0 saturated heterocycles. The molecule has 0 spiro atoms. The second-order valence-corrected chi connectivity index (χ2v) is 5.92. The largest absolute Gasteiger partial charge is 0.454 e. The number of furan rings is 1. The van der Waals surface area contributed by atoms with Crippen molar-refractivity contribution in [2.24, 2.45) is 0 Å². The molecule has 3 heteroatoms. The molecule has 0 fully saturated rings. The van der Waals surface area contributed by atoms with Gasteiger partial charge in [0.2, 0.25) is 0 Å². The number of hydrogen-bond donors (Lipinski definition) is 0. The van der Waals surface area contributed by atoms with Crippen LogP contribution in [0.15, 0.2) is 53.1 Å². The number of para-hydroxylation sites is 1. The molecule has 0 N–H and O–H groups in total. The van der Waals surface area contributed by atoms with Gasteiger partial charge in [-0.25, -0.2) is 4.98 Å². The van der Waals surface area contributed by atoms with E-state index in [1.165, 1.54) is 0 Å². The van der Waals surface area contributed by atoms with Crippen LogP contribution >= 0.6 is 0 Å². The van der Waals surface area contributed by atoms with Crippen LogP contribution in [-0.2, 0) is 0 Å². The molecular formula is C20H18N2O. The van der Waals surface area contributed by atoms with E-state index in [1.807, 2.05) is 44.2 Å². The summed E-state index contributed by atoms with van der Waals surface area (Å²) >= 11 is 0. The molecule has 23 heavy (non-hydrogen) atoms. The summed E-state index contributed by atoms with van der Waals surface area (Å²) in [7, 11) is 0. The third kappa shape index (κ3) is 2.20. The summed E-state index contributed by atoms with van der Waals surface area (Å²) in [5.74, 6) is 0.0747. The predicted molar refractivity (Wildman–Crippen MR) is 93.6 cm³/mol. The number of aromatic nitrogens is 2. The van der Waals surface area contributed by atoms with Crippen molar-refractivity contribution >= 4 is 22.1 Å². The molecular weight excluding hydrogens is 284 g/mol. The number of rotatable bonds is 2. The van der Waals surface area contributed by atoms with E-state index < -0.39 is 6.85 Å². The van der Waals surface area contributed by atoms with Crippen LogP contribution in [-0.4, -0.2) is 9.97 Å². The van der Waals surface area contributed by atoms with Crippen LogP contribution in [0.4, 0.5) is 0 Å². The maximum Gasteiger partial charge on any atom is 0.153 e. The molecule has 4 aromatic rings. The van der Waals surface area contributed by atoms with E-state index in [1.54, 1.807) is 18.3 Å². The Hall–Kier alpha value is -2.68. The second-order valence-electron chi connectivity index (χ2n) is 5.92. The molecule has 0 saturated carbocycles. The van der Waals surface area contributed by atoms with Gasteiger partial charge in [0.25, 0.3) is 0 Å². The highest BCUT2D eigenvalue weighted by molar-refractivity contribution is 6.02. The molecule has 1 aromatic carbocycles. The maximum atomic E-state index is 8.01. The molecule has 0 bridgehead atoms. The lowest BCUT2D eigenvalue weighted by Gasteiger charge is -2.12. The van der Waals surface area contributed by atoms with Gasteiger partial charge in [0, 0.05) is 15.7 Å². The van der Waals surface area contributed by atoms with Crippen molar-refractivity contribution in [3.63, 3.8) is 0 Å². The highest BCUT2D eigenvalue weighted by atomic mass is 16.3. The molecule has 4 rings (SSSR count). The lowest BCUT2D eigenvalue weighted by molar-refractivity contribution is 0.668. The van der Waals surface area contributed by atoms with Gasteiger partial charge in [0.05, 0.1) is 11.4 Å². The van der Waals surface area contributed by atoms with Crippen molar-refractivity contribution in [1.82, 2.24) is 9.97 Å². The predicted octanol–water partition coefficient (Wildman–Crippen LogP) is 5.47. The van der Waals surface area contributed by atoms with Crippen LogP contribution in [0.5, 0.6) is 0 Å². The Labute approximate surface area is 139 Å². The van der Waals surface area contributed by atoms with Crippen LogP contribution in [0.1, 0.15) is 35.0 Å². The first-order valence-electron chi connectivity index (χ1n) is 9.14. The lowest BCUT2D eigenvalue weighted by atomic mass is 9.96. The van der Waals surface area contributed by atoms with Crippen LogP contribution in [0.3, 0.4) is 0 Å². The van der Waals surface area contributed by atoms with Crippen molar-refractivity contribution in [2.75, 3.05) is 0 Å². The third-order valence-corrected chi connectivity index (χ3v) is 4.07. The molecule has 3 nitrogen and oxygen atoms in total. The van der Waals surface area contributed by atoms with Gasteiger partial charge in [-0.05, 0) is 54.2 Å². The van der Waals surface area contributed by atoms with Gasteiger partial charge in [0.15, 0.2) is 5.58 Å². The Bertz CT molecular complexity index is 1110. The van der Waals surface area contributed by atoms with Gasteiger partial charge in [0.1, 0.15) is 11.1 Å². The maximum absolute atomic E-state index is 8.01. The van der Waals surface area contributed by atoms with E-state index in [0.717, 1.165) is 16.5 Å². The molecule has 114 valence electrons. The number of pyridine rings is 2. The first-order chi connectivity index (χ1) is 12.4. The summed E-state index contributed by atoms with van der Waals surface area (Å²) in [5.41, 5.74) is 4.13. The average molecular weight is 305 g/mol. The Morgan fingerprint density at radius 2 is 1.91 bits per heavy atom. The number of benzene rings is 1. The van der Waals surface area contributed by atoms with Crippen molar-refractivity contribution in [3.8, 4) is 11.4 Å². The molecule has 3 aromatic heterocycles. The zero-order valence-corrected chi connectivity index (χ0v) is 13.0. The van der Waals surface area contributed by atoms with E-state index in [0.29, 0.717) is 22.5 Å². The van der Waals surface area contributed by atoms with E-state index in [4.69, 9.17) is 13.5 Å². The topological polar surface area (TPSA) is 38.9 Å². The highest BCUT2D eigenvalue weighted by Gasteiger charge is 2.14. The monoisotopic (exact) mass is 305 g/mol. The molecule has 0 unspecified atom stereocenters. The summed E-state index contributed by atoms with van der Waals surface area (Å²) < 4.78 is 29.8. The van der Waals surface area contributed by atoms with E-state index in [2.05, 4.69) is 4.98 Å². The average Bonchev–Trinajstić information content (AvgIpc) is 2.98. The summed E-state index contributed by atoms with van der Waals surface area (Å²) in [5, 5.41) is 0.903. The van der Waals surface area contributed by atoms with Gasteiger partial charge in [-0.3, -0.25) is 4.98 Å². The Kier molecular flexibility index (Phi) is 2.47. The number of hydrogen-bond acceptors (Lipinski definition) is 3. The zero-order valence-electron chi connectivity index (χ0n) is 16.0. The van der Waals surface area contributed by atoms with Crippen LogP contribution in [0, 0.1) is 6.85 Å². The van der Waals surface area contributed by atoms with Gasteiger partial charge in [-0.15, -0.1) is 0 Å². The highest BCUT2D eigenvalue weighted by Crippen LogP contribution is 2.31. The minimum absolute atomic E-state index is 0.0747. The number of fused-ring (bicyclic) bond motifs is 3. The lowest BCUT2D eigenvalue weighted by Crippen LogP contribution is -1.98. The standard InChI is InChI=1S/C20H18N2O/c1-12(2)14-10-11-21-19(13(14)3)16-8-9-18-20(22-16)15-6-4-5-7-17(15)23-18/h4-12H,1-3H3/i3D3. The van der Waals surface area contributed by atoms with Crippen molar-refractivity contribution in [1.29, 1.82) is 0 Å². The Morgan fingerprint density at radius 1 is 1.04 bits per heavy atom. The first kappa shape index (κ1) is 10.9. The van der Waals surface area contributed by atoms with Gasteiger partial charge in [-0.1, -0.05) is 26.0 Å². The van der Waals surface area contributed by atoms with Crippen molar-refractivity contribution in [3.05, 3.63) is 59.8 Å². The van der Waals surface area contributed by atoms with Crippen molar-refractivity contribution in [2.45, 2.75) is 26.6 Å². The van der Waals surface area contributed by atoms with Crippen molar-refractivity contribution < 1.29 is 8.53 Å². The van der Waals surface area contributed by atoms with Gasteiger partial charge >= 0.3 is 0 Å². The first-order valence-corrected chi connectivity index (χ1v) is 7.64. The zero-order chi connectivity index (χ0) is 18.5. The van der Waals surface area contributed by atoms with E-state index >= 15 is 0 Å². The molecule has 0 aliphatic rings. The molecule has 0 atom stereocenters. The summed E-state index contributed by atoms with van der Waals surface area (Å²) in [6.07, 6.45) is 1.65.